The van der Waals surface area contributed by atoms with Gasteiger partial charge in [-0.25, -0.2) is 14.4 Å². The van der Waals surface area contributed by atoms with Crippen molar-refractivity contribution in [1.82, 2.24) is 34.6 Å². The van der Waals surface area contributed by atoms with Crippen LogP contribution in [0.5, 0.6) is 0 Å². The van der Waals surface area contributed by atoms with Crippen LogP contribution in [-0.4, -0.2) is 123 Å². The predicted octanol–water partition coefficient (Wildman–Crippen LogP) is 9.24. The molecule has 2 aromatic heterocycles. The lowest BCUT2D eigenvalue weighted by atomic mass is 9.72. The highest BCUT2D eigenvalue weighted by Gasteiger charge is 2.56. The number of benzene rings is 3. The summed E-state index contributed by atoms with van der Waals surface area (Å²) in [6, 6.07) is 23.9. The Kier molecular flexibility index (Phi) is 13.9. The number of piperidine rings is 4. The molecular formula is C61H73FN10O5. The minimum Gasteiger partial charge on any atom is -0.371 e. The first kappa shape index (κ1) is 51.1. The van der Waals surface area contributed by atoms with Crippen LogP contribution in [0.4, 0.5) is 27.3 Å². The number of nitrogens with zero attached hydrogens (tertiary/aromatic N) is 8. The molecule has 15 nitrogen and oxygen atoms in total. The molecule has 1 spiro atoms. The number of hydrogen-bond donors (Lipinski definition) is 2. The summed E-state index contributed by atoms with van der Waals surface area (Å²) in [7, 11) is 2.09. The molecule has 2 N–H and O–H groups in total. The molecule has 77 heavy (non-hydrogen) atoms. The van der Waals surface area contributed by atoms with E-state index in [4.69, 9.17) is 9.97 Å². The quantitative estimate of drug-likeness (QED) is 0.122. The maximum absolute atomic E-state index is 15.3. The van der Waals surface area contributed by atoms with Gasteiger partial charge in [-0.2, -0.15) is 0 Å². The number of nitrogens with one attached hydrogen (secondary N) is 2. The maximum atomic E-state index is 15.3. The van der Waals surface area contributed by atoms with Gasteiger partial charge in [0.25, 0.3) is 0 Å². The van der Waals surface area contributed by atoms with E-state index in [1.807, 2.05) is 51.0 Å². The maximum Gasteiger partial charge on any atom is 0.238 e. The van der Waals surface area contributed by atoms with Crippen molar-refractivity contribution >= 4 is 63.4 Å². The lowest BCUT2D eigenvalue weighted by molar-refractivity contribution is -0.143. The second kappa shape index (κ2) is 20.9. The first-order valence-electron chi connectivity index (χ1n) is 28.7. The SMILES string of the molecule is CC(C)n1cnc2cc(-c3ccc4c(c3)N(C3CC(N5CCCCC5)C3)C(=O)C43CCN(C(=O)C4CCC(C(=O)N5CCC(N(C)c6ccc(C7CCC(=O)NC7=O)cc6)CC5)CC4)CC3)nc(Nc3ccccc3F)c21. The van der Waals surface area contributed by atoms with Crippen LogP contribution in [0, 0.1) is 17.7 Å². The largest absolute Gasteiger partial charge is 0.371 e. The fraction of sp³-hybridized carbons (Fsp3) is 0.525. The number of aromatic nitrogens is 3. The highest BCUT2D eigenvalue weighted by atomic mass is 19.1. The Morgan fingerprint density at radius 2 is 1.45 bits per heavy atom. The van der Waals surface area contributed by atoms with E-state index in [0.29, 0.717) is 101 Å². The van der Waals surface area contributed by atoms with Crippen molar-refractivity contribution in [3.05, 3.63) is 96.1 Å². The van der Waals surface area contributed by atoms with Crippen molar-refractivity contribution < 1.29 is 28.4 Å². The summed E-state index contributed by atoms with van der Waals surface area (Å²) in [6.07, 6.45) is 13.9. The number of imidazole rings is 1. The Hall–Kier alpha value is -6.68. The molecule has 6 fully saturated rings. The van der Waals surface area contributed by atoms with Gasteiger partial charge >= 0.3 is 0 Å². The molecule has 4 saturated heterocycles. The standard InChI is InChI=1S/C61H73FN10O5/c1-38(2)71-37-63-52-36-51(65-56(55(52)71)64-50-10-6-5-9-49(50)62)42-17-21-48-53(33-42)72(46-34-45(35-46)68-27-7-4-8-28-68)60(77)61(48)25-31-70(32-26-61)59(76)41-13-11-40(12-14-41)58(75)69-29-23-44(24-30-69)67(3)43-18-15-39(16-19-43)47-20-22-54(73)66-57(47)74/h5-6,9-10,15-19,21,33,36-38,40-41,44-47H,4,7-8,11-14,20,22-32,34-35H2,1-3H3,(H,64,65)(H,66,73,74). The molecule has 16 heteroatoms. The highest BCUT2D eigenvalue weighted by Crippen LogP contribution is 2.53. The molecule has 0 bridgehead atoms. The second-order valence-electron chi connectivity index (χ2n) is 23.6. The zero-order valence-corrected chi connectivity index (χ0v) is 44.9. The average Bonchev–Trinajstić information content (AvgIpc) is 4.20. The molecule has 2 saturated carbocycles. The van der Waals surface area contributed by atoms with Crippen LogP contribution in [0.3, 0.4) is 0 Å². The Morgan fingerprint density at radius 1 is 0.779 bits per heavy atom. The van der Waals surface area contributed by atoms with E-state index >= 15 is 9.18 Å². The number of amides is 5. The van der Waals surface area contributed by atoms with Crippen LogP contribution >= 0.6 is 0 Å². The van der Waals surface area contributed by atoms with Crippen LogP contribution < -0.4 is 20.4 Å². The molecule has 7 heterocycles. The normalized spacial score (nSPS) is 25.0. The van der Waals surface area contributed by atoms with Crippen LogP contribution in [0.1, 0.15) is 133 Å². The third kappa shape index (κ3) is 9.56. The summed E-state index contributed by atoms with van der Waals surface area (Å²) in [5.74, 6) is -0.308. The number of para-hydroxylation sites is 1. The molecule has 0 radical (unpaired) electrons. The summed E-state index contributed by atoms with van der Waals surface area (Å²) in [5, 5.41) is 5.75. The van der Waals surface area contributed by atoms with E-state index in [1.165, 1.54) is 25.3 Å². The fourth-order valence-electron chi connectivity index (χ4n) is 14.2. The van der Waals surface area contributed by atoms with Crippen molar-refractivity contribution in [1.29, 1.82) is 0 Å². The van der Waals surface area contributed by atoms with Crippen molar-refractivity contribution in [2.75, 3.05) is 61.4 Å². The van der Waals surface area contributed by atoms with Crippen molar-refractivity contribution in [3.8, 4) is 11.3 Å². The van der Waals surface area contributed by atoms with Crippen molar-refractivity contribution in [2.24, 2.45) is 11.8 Å². The molecule has 5 amide bonds. The molecular weight excluding hydrogens is 972 g/mol. The topological polar surface area (TPSA) is 156 Å². The third-order valence-corrected chi connectivity index (χ3v) is 18.9. The van der Waals surface area contributed by atoms with E-state index in [2.05, 4.69) is 64.4 Å². The molecule has 1 unspecified atom stereocenters. The number of carbonyl (C=O) groups excluding carboxylic acids is 5. The van der Waals surface area contributed by atoms with Crippen LogP contribution in [0.2, 0.25) is 0 Å². The van der Waals surface area contributed by atoms with Crippen LogP contribution in [0.15, 0.2) is 79.1 Å². The number of fused-ring (bicyclic) bond motifs is 3. The van der Waals surface area contributed by atoms with E-state index in [1.54, 1.807) is 18.2 Å². The van der Waals surface area contributed by atoms with Crippen molar-refractivity contribution in [3.63, 3.8) is 0 Å². The number of imide groups is 1. The van der Waals surface area contributed by atoms with Crippen LogP contribution in [-0.2, 0) is 29.4 Å². The first-order valence-corrected chi connectivity index (χ1v) is 28.7. The number of carbonyl (C=O) groups is 5. The van der Waals surface area contributed by atoms with Gasteiger partial charge in [0.1, 0.15) is 11.3 Å². The second-order valence-corrected chi connectivity index (χ2v) is 23.6. The summed E-state index contributed by atoms with van der Waals surface area (Å²) in [6.45, 7) is 8.82. The van der Waals surface area contributed by atoms with Gasteiger partial charge in [0.2, 0.25) is 29.5 Å². The Balaban J connectivity index is 0.701. The molecule has 7 aliphatic rings. The number of hydrogen-bond acceptors (Lipinski definition) is 10. The van der Waals surface area contributed by atoms with Crippen molar-refractivity contribution in [2.45, 2.75) is 146 Å². The summed E-state index contributed by atoms with van der Waals surface area (Å²) >= 11 is 0. The van der Waals surface area contributed by atoms with Crippen LogP contribution in [0.25, 0.3) is 22.3 Å². The van der Waals surface area contributed by atoms with Gasteiger partial charge in [-0.3, -0.25) is 29.3 Å². The van der Waals surface area contributed by atoms with Gasteiger partial charge in [0, 0.05) is 92.6 Å². The highest BCUT2D eigenvalue weighted by molar-refractivity contribution is 6.09. The fourth-order valence-corrected chi connectivity index (χ4v) is 14.2. The average molecular weight is 1050 g/mol. The van der Waals surface area contributed by atoms with Gasteiger partial charge in [0.15, 0.2) is 5.82 Å². The zero-order chi connectivity index (χ0) is 53.1. The molecule has 12 rings (SSSR count). The molecule has 5 aliphatic heterocycles. The summed E-state index contributed by atoms with van der Waals surface area (Å²) < 4.78 is 17.2. The number of pyridine rings is 1. The van der Waals surface area contributed by atoms with Gasteiger partial charge in [-0.1, -0.05) is 42.8 Å². The summed E-state index contributed by atoms with van der Waals surface area (Å²) in [4.78, 5) is 88.7. The molecule has 3 aromatic carbocycles. The van der Waals surface area contributed by atoms with E-state index < -0.39 is 5.41 Å². The molecule has 404 valence electrons. The molecule has 2 aliphatic carbocycles. The Morgan fingerprint density at radius 3 is 2.12 bits per heavy atom. The molecule has 1 atom stereocenters. The minimum atomic E-state index is -0.736. The summed E-state index contributed by atoms with van der Waals surface area (Å²) in [5.41, 5.74) is 6.60. The molecule has 5 aromatic rings. The monoisotopic (exact) mass is 1040 g/mol. The van der Waals surface area contributed by atoms with E-state index in [-0.39, 0.29) is 71.2 Å². The number of anilines is 4. The number of rotatable bonds is 11. The Bertz CT molecular complexity index is 3070. The lowest BCUT2D eigenvalue weighted by Gasteiger charge is -2.48. The zero-order valence-electron chi connectivity index (χ0n) is 44.9. The first-order chi connectivity index (χ1) is 37.3. The van der Waals surface area contributed by atoms with Gasteiger partial charge < -0.3 is 34.4 Å². The third-order valence-electron chi connectivity index (χ3n) is 18.9. The predicted molar refractivity (Wildman–Crippen MR) is 295 cm³/mol. The van der Waals surface area contributed by atoms with E-state index in [0.717, 1.165) is 77.9 Å². The number of halogens is 1. The van der Waals surface area contributed by atoms with Gasteiger partial charge in [0.05, 0.1) is 34.6 Å². The Labute approximate surface area is 450 Å². The number of likely N-dealkylation sites (tertiary alicyclic amines) is 3. The lowest BCUT2D eigenvalue weighted by Crippen LogP contribution is -2.58. The van der Waals surface area contributed by atoms with E-state index in [9.17, 15) is 19.2 Å². The van der Waals surface area contributed by atoms with Gasteiger partial charge in [-0.05, 0) is 158 Å². The minimum absolute atomic E-state index is 0.0774. The smallest absolute Gasteiger partial charge is 0.238 e. The van der Waals surface area contributed by atoms with Gasteiger partial charge in [-0.15, -0.1) is 0 Å².